The Hall–Kier alpha value is -6.90. The van der Waals surface area contributed by atoms with Crippen LogP contribution in [0.25, 0.3) is 43.8 Å². The van der Waals surface area contributed by atoms with Crippen LogP contribution in [0.3, 0.4) is 0 Å². The highest BCUT2D eigenvalue weighted by molar-refractivity contribution is 6.01. The summed E-state index contributed by atoms with van der Waals surface area (Å²) in [5.41, 5.74) is 17.4. The van der Waals surface area contributed by atoms with Crippen molar-refractivity contribution in [3.8, 4) is 22.3 Å². The van der Waals surface area contributed by atoms with Gasteiger partial charge in [0.1, 0.15) is 0 Å². The number of anilines is 6. The van der Waals surface area contributed by atoms with E-state index in [2.05, 4.69) is 245 Å². The van der Waals surface area contributed by atoms with E-state index in [1.165, 1.54) is 88.8 Å². The minimum Gasteiger partial charge on any atom is -0.310 e. The summed E-state index contributed by atoms with van der Waals surface area (Å²) in [5, 5.41) is 4.95. The molecular formula is C59H50N2. The largest absolute Gasteiger partial charge is 0.310 e. The van der Waals surface area contributed by atoms with E-state index in [1.54, 1.807) is 0 Å². The van der Waals surface area contributed by atoms with Crippen LogP contribution >= 0.6 is 0 Å². The lowest BCUT2D eigenvalue weighted by Crippen LogP contribution is -2.43. The topological polar surface area (TPSA) is 6.48 Å². The van der Waals surface area contributed by atoms with Crippen molar-refractivity contribution >= 4 is 55.7 Å². The lowest BCUT2D eigenvalue weighted by Gasteiger charge is -2.49. The Morgan fingerprint density at radius 3 is 1.20 bits per heavy atom. The van der Waals surface area contributed by atoms with Crippen LogP contribution in [0.15, 0.2) is 194 Å². The molecule has 0 fully saturated rings. The fourth-order valence-electron chi connectivity index (χ4n) is 10.6. The van der Waals surface area contributed by atoms with E-state index in [-0.39, 0.29) is 16.2 Å². The van der Waals surface area contributed by atoms with Crippen LogP contribution in [-0.4, -0.2) is 0 Å². The molecule has 2 aliphatic carbocycles. The molecule has 0 unspecified atom stereocenters. The first-order valence-electron chi connectivity index (χ1n) is 21.7. The highest BCUT2D eigenvalue weighted by Gasteiger charge is 2.48. The molecule has 0 spiro atoms. The van der Waals surface area contributed by atoms with Gasteiger partial charge in [0.2, 0.25) is 0 Å². The van der Waals surface area contributed by atoms with Gasteiger partial charge in [0, 0.05) is 38.9 Å². The summed E-state index contributed by atoms with van der Waals surface area (Å²) in [6.07, 6.45) is 0. The van der Waals surface area contributed by atoms with Crippen LogP contribution in [0.1, 0.15) is 63.8 Å². The summed E-state index contributed by atoms with van der Waals surface area (Å²) in [4.78, 5) is 4.88. The Balaban J connectivity index is 1.07. The van der Waals surface area contributed by atoms with Gasteiger partial charge in [-0.15, -0.1) is 0 Å². The zero-order valence-electron chi connectivity index (χ0n) is 35.9. The molecule has 0 saturated heterocycles. The van der Waals surface area contributed by atoms with Crippen LogP contribution in [0, 0.1) is 0 Å². The molecule has 2 heteroatoms. The van der Waals surface area contributed by atoms with Gasteiger partial charge in [-0.25, -0.2) is 0 Å². The minimum absolute atomic E-state index is 0.161. The zero-order chi connectivity index (χ0) is 41.7. The van der Waals surface area contributed by atoms with Gasteiger partial charge in [0.05, 0.1) is 11.4 Å². The number of para-hydroxylation sites is 2. The number of fused-ring (bicyclic) bond motifs is 8. The second kappa shape index (κ2) is 13.6. The third-order valence-corrected chi connectivity index (χ3v) is 14.6. The third kappa shape index (κ3) is 5.55. The molecule has 9 aromatic rings. The zero-order valence-corrected chi connectivity index (χ0v) is 35.9. The summed E-state index contributed by atoms with van der Waals surface area (Å²) in [5.74, 6) is 0. The molecule has 296 valence electrons. The van der Waals surface area contributed by atoms with Crippen molar-refractivity contribution < 1.29 is 0 Å². The average Bonchev–Trinajstić information content (AvgIpc) is 3.51. The van der Waals surface area contributed by atoms with Crippen molar-refractivity contribution in [3.63, 3.8) is 0 Å². The molecule has 11 rings (SSSR count). The monoisotopic (exact) mass is 786 g/mol. The average molecular weight is 787 g/mol. The van der Waals surface area contributed by atoms with Crippen LogP contribution < -0.4 is 9.80 Å². The Morgan fingerprint density at radius 1 is 0.295 bits per heavy atom. The SMILES string of the molecule is CC1(C)c2cc(N(c3ccccc3)c3cccc4ccccc34)ccc2-c2cc3c(cc21)-c1ccc(N(c2ccccc2)c2cccc4ccccc24)cc1C(C)(C)C3(C)C. The first-order chi connectivity index (χ1) is 29.5. The van der Waals surface area contributed by atoms with E-state index in [0.29, 0.717) is 0 Å². The highest BCUT2D eigenvalue weighted by atomic mass is 15.1. The van der Waals surface area contributed by atoms with E-state index in [4.69, 9.17) is 0 Å². The summed E-state index contributed by atoms with van der Waals surface area (Å²) in [7, 11) is 0. The Bertz CT molecular complexity index is 3160. The Labute approximate surface area is 360 Å². The van der Waals surface area contributed by atoms with Gasteiger partial charge in [-0.2, -0.15) is 0 Å². The fraction of sp³-hybridized carbons (Fsp3) is 0.153. The highest BCUT2D eigenvalue weighted by Crippen LogP contribution is 2.59. The lowest BCUT2D eigenvalue weighted by atomic mass is 9.55. The van der Waals surface area contributed by atoms with E-state index in [1.807, 2.05) is 0 Å². The van der Waals surface area contributed by atoms with E-state index >= 15 is 0 Å². The summed E-state index contributed by atoms with van der Waals surface area (Å²) in [6.45, 7) is 14.7. The molecule has 9 aromatic carbocycles. The van der Waals surface area contributed by atoms with E-state index in [9.17, 15) is 0 Å². The molecule has 0 N–H and O–H groups in total. The third-order valence-electron chi connectivity index (χ3n) is 14.6. The number of benzene rings is 9. The molecular weight excluding hydrogens is 737 g/mol. The van der Waals surface area contributed by atoms with Crippen LogP contribution in [0.4, 0.5) is 34.1 Å². The molecule has 0 heterocycles. The predicted molar refractivity (Wildman–Crippen MR) is 260 cm³/mol. The summed E-state index contributed by atoms with van der Waals surface area (Å²) < 4.78 is 0. The Kier molecular flexibility index (Phi) is 8.25. The summed E-state index contributed by atoms with van der Waals surface area (Å²) >= 11 is 0. The molecule has 0 amide bonds. The lowest BCUT2D eigenvalue weighted by molar-refractivity contribution is 0.299. The van der Waals surface area contributed by atoms with Crippen LogP contribution in [-0.2, 0) is 16.2 Å². The van der Waals surface area contributed by atoms with Crippen molar-refractivity contribution in [3.05, 3.63) is 216 Å². The summed E-state index contributed by atoms with van der Waals surface area (Å²) in [6, 6.07) is 71.9. The molecule has 2 nitrogen and oxygen atoms in total. The van der Waals surface area contributed by atoms with Crippen molar-refractivity contribution in [1.82, 2.24) is 0 Å². The van der Waals surface area contributed by atoms with Gasteiger partial charge in [-0.05, 0) is 139 Å². The van der Waals surface area contributed by atoms with Gasteiger partial charge in [-0.3, -0.25) is 0 Å². The number of nitrogens with zero attached hydrogens (tertiary/aromatic N) is 2. The van der Waals surface area contributed by atoms with Crippen molar-refractivity contribution in [2.24, 2.45) is 0 Å². The maximum Gasteiger partial charge on any atom is 0.0540 e. The number of hydrogen-bond donors (Lipinski definition) is 0. The van der Waals surface area contributed by atoms with Crippen LogP contribution in [0.5, 0.6) is 0 Å². The minimum atomic E-state index is -0.216. The second-order valence-corrected chi connectivity index (χ2v) is 18.6. The molecule has 0 saturated carbocycles. The van der Waals surface area contributed by atoms with Crippen molar-refractivity contribution in [2.45, 2.75) is 57.8 Å². The van der Waals surface area contributed by atoms with Gasteiger partial charge in [0.25, 0.3) is 0 Å². The standard InChI is InChI=1S/C59H50N2/c1-57(2)51-35-43(60(41-23-9-7-10-24-41)55-29-17-21-39-19-13-15-27-45(39)55)31-33-47(51)49-38-54-50(37-52(49)57)48-34-32-44(36-53(48)58(3,4)59(54,5)6)61(42-25-11-8-12-26-42)56-30-18-22-40-20-14-16-28-46(40)56/h7-38H,1-6H3. The maximum absolute atomic E-state index is 2.56. The molecule has 0 aliphatic heterocycles. The van der Waals surface area contributed by atoms with E-state index < -0.39 is 0 Å². The molecule has 2 aliphatic rings. The van der Waals surface area contributed by atoms with Gasteiger partial charge in [-0.1, -0.05) is 163 Å². The quantitative estimate of drug-likeness (QED) is 0.166. The smallest absolute Gasteiger partial charge is 0.0540 e. The first-order valence-corrected chi connectivity index (χ1v) is 21.7. The van der Waals surface area contributed by atoms with Crippen molar-refractivity contribution in [2.75, 3.05) is 9.80 Å². The van der Waals surface area contributed by atoms with Crippen molar-refractivity contribution in [1.29, 1.82) is 0 Å². The first kappa shape index (κ1) is 37.1. The Morgan fingerprint density at radius 2 is 0.672 bits per heavy atom. The molecule has 61 heavy (non-hydrogen) atoms. The molecule has 0 atom stereocenters. The number of rotatable bonds is 6. The molecule has 0 radical (unpaired) electrons. The van der Waals surface area contributed by atoms with E-state index in [0.717, 1.165) is 11.4 Å². The predicted octanol–water partition coefficient (Wildman–Crippen LogP) is 16.5. The maximum atomic E-state index is 2.56. The molecule has 0 aromatic heterocycles. The fourth-order valence-corrected chi connectivity index (χ4v) is 10.6. The number of hydrogen-bond acceptors (Lipinski definition) is 2. The second-order valence-electron chi connectivity index (χ2n) is 18.6. The van der Waals surface area contributed by atoms with Gasteiger partial charge in [0.15, 0.2) is 0 Å². The van der Waals surface area contributed by atoms with Gasteiger partial charge >= 0.3 is 0 Å². The molecule has 0 bridgehead atoms. The normalized spacial score (nSPS) is 15.1. The van der Waals surface area contributed by atoms with Crippen LogP contribution in [0.2, 0.25) is 0 Å². The van der Waals surface area contributed by atoms with Gasteiger partial charge < -0.3 is 9.80 Å².